The summed E-state index contributed by atoms with van der Waals surface area (Å²) in [5.41, 5.74) is 0. The first-order valence-electron chi connectivity index (χ1n) is 7.83. The lowest BCUT2D eigenvalue weighted by Crippen LogP contribution is -2.14. The molecule has 8 nitrogen and oxygen atoms in total. The average Bonchev–Trinajstić information content (AvgIpc) is 2.49. The van der Waals surface area contributed by atoms with Crippen LogP contribution in [0.1, 0.15) is 67.2 Å². The molecular formula is C16H28O8. The first-order chi connectivity index (χ1) is 11.1. The van der Waals surface area contributed by atoms with Crippen LogP contribution in [0, 0.1) is 0 Å². The van der Waals surface area contributed by atoms with Crippen LogP contribution in [0.4, 0.5) is 0 Å². The van der Waals surface area contributed by atoms with E-state index in [-0.39, 0.29) is 36.6 Å². The molecule has 0 radical (unpaired) electrons. The van der Waals surface area contributed by atoms with Crippen molar-refractivity contribution in [2.45, 2.75) is 79.4 Å². The predicted octanol–water partition coefficient (Wildman–Crippen LogP) is 2.48. The SMILES string of the molecule is CCC(C)OOC(=O)CC(C)=O.CCC(C)OOC(=O)CC(C)=O. The van der Waals surface area contributed by atoms with Gasteiger partial charge < -0.3 is 0 Å². The molecule has 140 valence electrons. The van der Waals surface area contributed by atoms with Gasteiger partial charge in [-0.1, -0.05) is 13.8 Å². The molecule has 2 atom stereocenters. The largest absolute Gasteiger partial charge is 0.349 e. The van der Waals surface area contributed by atoms with Gasteiger partial charge in [-0.2, -0.15) is 9.78 Å². The maximum Gasteiger partial charge on any atom is 0.349 e. The van der Waals surface area contributed by atoms with E-state index in [1.54, 1.807) is 13.8 Å². The van der Waals surface area contributed by atoms with Crippen molar-refractivity contribution in [3.8, 4) is 0 Å². The Morgan fingerprint density at radius 1 is 0.708 bits per heavy atom. The van der Waals surface area contributed by atoms with Crippen molar-refractivity contribution < 1.29 is 38.7 Å². The number of carbonyl (C=O) groups is 4. The van der Waals surface area contributed by atoms with E-state index in [1.807, 2.05) is 13.8 Å². The first kappa shape index (κ1) is 24.5. The van der Waals surface area contributed by atoms with Crippen molar-refractivity contribution in [2.75, 3.05) is 0 Å². The molecule has 0 aliphatic rings. The van der Waals surface area contributed by atoms with E-state index in [4.69, 9.17) is 0 Å². The molecule has 0 bridgehead atoms. The van der Waals surface area contributed by atoms with E-state index in [0.717, 1.165) is 12.8 Å². The van der Waals surface area contributed by atoms with E-state index in [0.29, 0.717) is 0 Å². The topological polar surface area (TPSA) is 105 Å². The lowest BCUT2D eigenvalue weighted by Gasteiger charge is -2.07. The third-order valence-corrected chi connectivity index (χ3v) is 2.55. The first-order valence-corrected chi connectivity index (χ1v) is 7.83. The van der Waals surface area contributed by atoms with Crippen molar-refractivity contribution in [1.29, 1.82) is 0 Å². The van der Waals surface area contributed by atoms with Gasteiger partial charge in [-0.05, 0) is 40.5 Å². The average molecular weight is 348 g/mol. The van der Waals surface area contributed by atoms with Crippen LogP contribution in [0.2, 0.25) is 0 Å². The van der Waals surface area contributed by atoms with Gasteiger partial charge in [-0.15, -0.1) is 0 Å². The van der Waals surface area contributed by atoms with Gasteiger partial charge in [0.15, 0.2) is 0 Å². The molecule has 0 saturated carbocycles. The molecule has 0 aliphatic heterocycles. The minimum absolute atomic E-state index is 0.124. The Bertz CT molecular complexity index is 367. The van der Waals surface area contributed by atoms with Gasteiger partial charge in [0.1, 0.15) is 36.6 Å². The summed E-state index contributed by atoms with van der Waals surface area (Å²) in [6.45, 7) is 10.0. The molecule has 0 aromatic carbocycles. The van der Waals surface area contributed by atoms with Crippen LogP contribution >= 0.6 is 0 Å². The second-order valence-corrected chi connectivity index (χ2v) is 5.30. The minimum atomic E-state index is -0.636. The normalized spacial score (nSPS) is 12.2. The smallest absolute Gasteiger partial charge is 0.299 e. The van der Waals surface area contributed by atoms with Gasteiger partial charge >= 0.3 is 11.9 Å². The summed E-state index contributed by atoms with van der Waals surface area (Å²) < 4.78 is 0. The Morgan fingerprint density at radius 3 is 1.21 bits per heavy atom. The summed E-state index contributed by atoms with van der Waals surface area (Å²) in [4.78, 5) is 60.2. The van der Waals surface area contributed by atoms with Crippen LogP contribution in [0.25, 0.3) is 0 Å². The maximum absolute atomic E-state index is 10.7. The number of carbonyl (C=O) groups excluding carboxylic acids is 4. The molecule has 0 fully saturated rings. The third-order valence-electron chi connectivity index (χ3n) is 2.55. The lowest BCUT2D eigenvalue weighted by molar-refractivity contribution is -0.294. The number of Topliss-reactive ketones (excluding diaryl/α,β-unsaturated/α-hetero) is 2. The number of ketones is 2. The predicted molar refractivity (Wildman–Crippen MR) is 84.5 cm³/mol. The fourth-order valence-corrected chi connectivity index (χ4v) is 0.873. The summed E-state index contributed by atoms with van der Waals surface area (Å²) in [5.74, 6) is -1.73. The fourth-order valence-electron chi connectivity index (χ4n) is 0.873. The molecule has 0 aromatic heterocycles. The van der Waals surface area contributed by atoms with Gasteiger partial charge in [-0.25, -0.2) is 9.59 Å². The van der Waals surface area contributed by atoms with Crippen LogP contribution in [0.15, 0.2) is 0 Å². The molecule has 0 aliphatic carbocycles. The third kappa shape index (κ3) is 18.2. The van der Waals surface area contributed by atoms with E-state index < -0.39 is 11.9 Å². The second-order valence-electron chi connectivity index (χ2n) is 5.30. The molecule has 0 N–H and O–H groups in total. The highest BCUT2D eigenvalue weighted by Crippen LogP contribution is 1.99. The highest BCUT2D eigenvalue weighted by molar-refractivity contribution is 5.94. The molecule has 0 saturated heterocycles. The summed E-state index contributed by atoms with van der Waals surface area (Å²) in [5, 5.41) is 0. The van der Waals surface area contributed by atoms with Crippen LogP contribution in [0.5, 0.6) is 0 Å². The van der Waals surface area contributed by atoms with Crippen LogP contribution in [-0.4, -0.2) is 35.7 Å². The molecule has 0 heterocycles. The monoisotopic (exact) mass is 348 g/mol. The zero-order chi connectivity index (χ0) is 19.1. The van der Waals surface area contributed by atoms with Crippen LogP contribution in [0.3, 0.4) is 0 Å². The highest BCUT2D eigenvalue weighted by atomic mass is 17.2. The van der Waals surface area contributed by atoms with Crippen molar-refractivity contribution in [3.05, 3.63) is 0 Å². The quantitative estimate of drug-likeness (QED) is 0.337. The second kappa shape index (κ2) is 14.8. The summed E-state index contributed by atoms with van der Waals surface area (Å²) in [7, 11) is 0. The van der Waals surface area contributed by atoms with E-state index in [1.165, 1.54) is 13.8 Å². The Morgan fingerprint density at radius 2 is 1.00 bits per heavy atom. The van der Waals surface area contributed by atoms with Crippen molar-refractivity contribution in [1.82, 2.24) is 0 Å². The molecular weight excluding hydrogens is 320 g/mol. The molecule has 0 spiro atoms. The standard InChI is InChI=1S/2C8H14O4/c2*1-4-7(3)11-12-8(10)5-6(2)9/h2*7H,4-5H2,1-3H3. The summed E-state index contributed by atoms with van der Waals surface area (Å²) >= 11 is 0. The zero-order valence-electron chi connectivity index (χ0n) is 15.2. The lowest BCUT2D eigenvalue weighted by atomic mass is 10.3. The van der Waals surface area contributed by atoms with Gasteiger partial charge in [0, 0.05) is 0 Å². The number of rotatable bonds is 10. The molecule has 8 heteroatoms. The molecule has 0 amide bonds. The van der Waals surface area contributed by atoms with Crippen LogP contribution in [-0.2, 0) is 38.7 Å². The van der Waals surface area contributed by atoms with Crippen molar-refractivity contribution in [3.63, 3.8) is 0 Å². The highest BCUT2D eigenvalue weighted by Gasteiger charge is 2.10. The van der Waals surface area contributed by atoms with E-state index >= 15 is 0 Å². The van der Waals surface area contributed by atoms with Gasteiger partial charge in [0.2, 0.25) is 0 Å². The minimum Gasteiger partial charge on any atom is -0.299 e. The molecule has 24 heavy (non-hydrogen) atoms. The van der Waals surface area contributed by atoms with Crippen LogP contribution < -0.4 is 0 Å². The van der Waals surface area contributed by atoms with Crippen molar-refractivity contribution >= 4 is 23.5 Å². The van der Waals surface area contributed by atoms with Gasteiger partial charge in [0.25, 0.3) is 0 Å². The summed E-state index contributed by atoms with van der Waals surface area (Å²) in [6, 6.07) is 0. The molecule has 2 unspecified atom stereocenters. The maximum atomic E-state index is 10.7. The number of hydrogen-bond donors (Lipinski definition) is 0. The van der Waals surface area contributed by atoms with Gasteiger partial charge in [0.05, 0.1) is 0 Å². The van der Waals surface area contributed by atoms with Crippen molar-refractivity contribution in [2.24, 2.45) is 0 Å². The molecule has 0 aromatic rings. The Balaban J connectivity index is 0. The Labute approximate surface area is 142 Å². The zero-order valence-corrected chi connectivity index (χ0v) is 15.2. The van der Waals surface area contributed by atoms with Gasteiger partial charge in [-0.3, -0.25) is 19.4 Å². The Hall–Kier alpha value is -1.80. The fraction of sp³-hybridized carbons (Fsp3) is 0.750. The number of hydrogen-bond acceptors (Lipinski definition) is 8. The molecule has 0 rings (SSSR count). The Kier molecular flexibility index (Phi) is 15.0. The van der Waals surface area contributed by atoms with E-state index in [9.17, 15) is 19.2 Å². The summed E-state index contributed by atoms with van der Waals surface area (Å²) in [6.07, 6.45) is 0.815. The van der Waals surface area contributed by atoms with E-state index in [2.05, 4.69) is 19.6 Å².